The van der Waals surface area contributed by atoms with Crippen molar-refractivity contribution in [3.63, 3.8) is 0 Å². The van der Waals surface area contributed by atoms with Gasteiger partial charge in [-0.05, 0) is 13.8 Å². The van der Waals surface area contributed by atoms with Gasteiger partial charge in [0.25, 0.3) is 0 Å². The lowest BCUT2D eigenvalue weighted by molar-refractivity contribution is -0.152. The molecule has 0 amide bonds. The maximum absolute atomic E-state index is 10.7. The third-order valence-electron chi connectivity index (χ3n) is 1.19. The minimum absolute atomic E-state index is 0.150. The molecule has 0 N–H and O–H groups in total. The molecule has 0 fully saturated rings. The SMILES string of the molecule is C=CCC(=O)OC(C)C(C)=O. The van der Waals surface area contributed by atoms with Crippen molar-refractivity contribution in [2.45, 2.75) is 26.4 Å². The second-order valence-corrected chi connectivity index (χ2v) is 2.24. The molecule has 0 aliphatic rings. The summed E-state index contributed by atoms with van der Waals surface area (Å²) in [6.07, 6.45) is 0.953. The van der Waals surface area contributed by atoms with Crippen molar-refractivity contribution < 1.29 is 14.3 Å². The Morgan fingerprint density at radius 2 is 2.18 bits per heavy atom. The molecule has 0 heterocycles. The molecule has 1 atom stereocenters. The Morgan fingerprint density at radius 1 is 1.64 bits per heavy atom. The van der Waals surface area contributed by atoms with Gasteiger partial charge in [0, 0.05) is 0 Å². The monoisotopic (exact) mass is 156 g/mol. The Labute approximate surface area is 66.0 Å². The van der Waals surface area contributed by atoms with Gasteiger partial charge in [0.2, 0.25) is 0 Å². The van der Waals surface area contributed by atoms with E-state index in [-0.39, 0.29) is 12.2 Å². The van der Waals surface area contributed by atoms with Crippen LogP contribution < -0.4 is 0 Å². The first-order valence-electron chi connectivity index (χ1n) is 3.38. The van der Waals surface area contributed by atoms with Crippen molar-refractivity contribution in [1.29, 1.82) is 0 Å². The van der Waals surface area contributed by atoms with Crippen LogP contribution in [0.3, 0.4) is 0 Å². The minimum atomic E-state index is -0.637. The fourth-order valence-electron chi connectivity index (χ4n) is 0.446. The number of ether oxygens (including phenoxy) is 1. The van der Waals surface area contributed by atoms with E-state index < -0.39 is 12.1 Å². The molecule has 0 saturated carbocycles. The molecule has 3 nitrogen and oxygen atoms in total. The van der Waals surface area contributed by atoms with Crippen molar-refractivity contribution >= 4 is 11.8 Å². The molecule has 0 radical (unpaired) electrons. The summed E-state index contributed by atoms with van der Waals surface area (Å²) >= 11 is 0. The molecular weight excluding hydrogens is 144 g/mol. The fraction of sp³-hybridized carbons (Fsp3) is 0.500. The molecule has 0 spiro atoms. The third-order valence-corrected chi connectivity index (χ3v) is 1.19. The van der Waals surface area contributed by atoms with Crippen LogP contribution >= 0.6 is 0 Å². The predicted octanol–water partition coefficient (Wildman–Crippen LogP) is 1.08. The lowest BCUT2D eigenvalue weighted by atomic mass is 10.3. The van der Waals surface area contributed by atoms with Crippen molar-refractivity contribution in [1.82, 2.24) is 0 Å². The van der Waals surface area contributed by atoms with Gasteiger partial charge in [-0.2, -0.15) is 0 Å². The zero-order valence-electron chi connectivity index (χ0n) is 6.79. The maximum atomic E-state index is 10.7. The third kappa shape index (κ3) is 4.31. The Morgan fingerprint density at radius 3 is 2.55 bits per heavy atom. The summed E-state index contributed by atoms with van der Waals surface area (Å²) < 4.78 is 4.69. The summed E-state index contributed by atoms with van der Waals surface area (Å²) in [7, 11) is 0. The fourth-order valence-corrected chi connectivity index (χ4v) is 0.446. The second kappa shape index (κ2) is 4.66. The highest BCUT2D eigenvalue weighted by Gasteiger charge is 2.11. The molecule has 0 bridgehead atoms. The van der Waals surface area contributed by atoms with E-state index in [0.29, 0.717) is 0 Å². The van der Waals surface area contributed by atoms with Crippen LogP contribution in [0.25, 0.3) is 0 Å². The van der Waals surface area contributed by atoms with Crippen LogP contribution in [0.1, 0.15) is 20.3 Å². The molecule has 0 rings (SSSR count). The standard InChI is InChI=1S/C8H12O3/c1-4-5-8(10)11-7(3)6(2)9/h4,7H,1,5H2,2-3H3. The Kier molecular flexibility index (Phi) is 4.18. The zero-order valence-corrected chi connectivity index (χ0v) is 6.79. The number of esters is 1. The van der Waals surface area contributed by atoms with E-state index in [2.05, 4.69) is 6.58 Å². The first-order valence-corrected chi connectivity index (χ1v) is 3.38. The number of hydrogen-bond donors (Lipinski definition) is 0. The van der Waals surface area contributed by atoms with Crippen LogP contribution in [-0.4, -0.2) is 17.9 Å². The van der Waals surface area contributed by atoms with Crippen molar-refractivity contribution in [3.05, 3.63) is 12.7 Å². The number of Topliss-reactive ketones (excluding diaryl/α,β-unsaturated/α-hetero) is 1. The lowest BCUT2D eigenvalue weighted by Crippen LogP contribution is -2.21. The largest absolute Gasteiger partial charge is 0.454 e. The smallest absolute Gasteiger partial charge is 0.310 e. The summed E-state index contributed by atoms with van der Waals surface area (Å²) in [5.74, 6) is -0.565. The van der Waals surface area contributed by atoms with Gasteiger partial charge in [0.15, 0.2) is 11.9 Å². The van der Waals surface area contributed by atoms with Gasteiger partial charge in [-0.1, -0.05) is 6.08 Å². The zero-order chi connectivity index (χ0) is 8.85. The molecule has 1 unspecified atom stereocenters. The number of rotatable bonds is 4. The quantitative estimate of drug-likeness (QED) is 0.452. The van der Waals surface area contributed by atoms with Gasteiger partial charge in [-0.25, -0.2) is 0 Å². The molecule has 0 aromatic carbocycles. The Hall–Kier alpha value is -1.12. The predicted molar refractivity (Wildman–Crippen MR) is 41.0 cm³/mol. The topological polar surface area (TPSA) is 43.4 Å². The van der Waals surface area contributed by atoms with E-state index in [1.807, 2.05) is 0 Å². The Bertz CT molecular complexity index is 172. The Balaban J connectivity index is 3.74. The van der Waals surface area contributed by atoms with Crippen molar-refractivity contribution in [2.75, 3.05) is 0 Å². The van der Waals surface area contributed by atoms with Crippen LogP contribution in [0.2, 0.25) is 0 Å². The summed E-state index contributed by atoms with van der Waals surface area (Å²) in [5.41, 5.74) is 0. The van der Waals surface area contributed by atoms with Crippen LogP contribution in [0.4, 0.5) is 0 Å². The molecule has 3 heteroatoms. The van der Waals surface area contributed by atoms with Crippen molar-refractivity contribution in [3.8, 4) is 0 Å². The lowest BCUT2D eigenvalue weighted by Gasteiger charge is -2.07. The molecule has 0 aromatic rings. The van der Waals surface area contributed by atoms with E-state index >= 15 is 0 Å². The van der Waals surface area contributed by atoms with Gasteiger partial charge in [-0.15, -0.1) is 6.58 Å². The average Bonchev–Trinajstić information content (AvgIpc) is 1.87. The van der Waals surface area contributed by atoms with E-state index in [1.54, 1.807) is 6.92 Å². The van der Waals surface area contributed by atoms with Gasteiger partial charge in [0.1, 0.15) is 0 Å². The highest BCUT2D eigenvalue weighted by molar-refractivity contribution is 5.83. The van der Waals surface area contributed by atoms with Gasteiger partial charge in [0.05, 0.1) is 6.42 Å². The highest BCUT2D eigenvalue weighted by Crippen LogP contribution is 1.95. The first-order chi connectivity index (χ1) is 5.07. The normalized spacial score (nSPS) is 11.8. The molecule has 0 aliphatic carbocycles. The van der Waals surface area contributed by atoms with Gasteiger partial charge >= 0.3 is 5.97 Å². The molecule has 0 aromatic heterocycles. The molecular formula is C8H12O3. The molecule has 0 saturated heterocycles. The number of carbonyl (C=O) groups is 2. The number of hydrogen-bond acceptors (Lipinski definition) is 3. The summed E-state index contributed by atoms with van der Waals surface area (Å²) in [4.78, 5) is 21.3. The summed E-state index contributed by atoms with van der Waals surface area (Å²) in [5, 5.41) is 0. The second-order valence-electron chi connectivity index (χ2n) is 2.24. The first kappa shape index (κ1) is 9.88. The number of ketones is 1. The van der Waals surface area contributed by atoms with Gasteiger partial charge in [-0.3, -0.25) is 9.59 Å². The average molecular weight is 156 g/mol. The molecule has 11 heavy (non-hydrogen) atoms. The summed E-state index contributed by atoms with van der Waals surface area (Å²) in [6, 6.07) is 0. The highest BCUT2D eigenvalue weighted by atomic mass is 16.5. The van der Waals surface area contributed by atoms with Crippen LogP contribution in [0.5, 0.6) is 0 Å². The van der Waals surface area contributed by atoms with Crippen molar-refractivity contribution in [2.24, 2.45) is 0 Å². The minimum Gasteiger partial charge on any atom is -0.454 e. The number of carbonyl (C=O) groups excluding carboxylic acids is 2. The van der Waals surface area contributed by atoms with E-state index in [0.717, 1.165) is 0 Å². The van der Waals surface area contributed by atoms with Crippen LogP contribution in [0.15, 0.2) is 12.7 Å². The van der Waals surface area contributed by atoms with Crippen LogP contribution in [0, 0.1) is 0 Å². The summed E-state index contributed by atoms with van der Waals surface area (Å²) in [6.45, 7) is 6.29. The van der Waals surface area contributed by atoms with Gasteiger partial charge < -0.3 is 4.74 Å². The van der Waals surface area contributed by atoms with E-state index in [4.69, 9.17) is 4.74 Å². The van der Waals surface area contributed by atoms with Crippen LogP contribution in [-0.2, 0) is 14.3 Å². The molecule has 62 valence electrons. The van der Waals surface area contributed by atoms with E-state index in [1.165, 1.54) is 13.0 Å². The van der Waals surface area contributed by atoms with E-state index in [9.17, 15) is 9.59 Å². The maximum Gasteiger partial charge on any atom is 0.310 e. The molecule has 0 aliphatic heterocycles.